The molecule has 0 saturated carbocycles. The quantitative estimate of drug-likeness (QED) is 0.842. The zero-order chi connectivity index (χ0) is 16.3. The monoisotopic (exact) mass is 308 g/mol. The summed E-state index contributed by atoms with van der Waals surface area (Å²) in [6.07, 6.45) is 0.551. The van der Waals surface area contributed by atoms with Gasteiger partial charge in [0.15, 0.2) is 0 Å². The van der Waals surface area contributed by atoms with E-state index in [4.69, 9.17) is 4.42 Å². The number of hydrogen-bond acceptors (Lipinski definition) is 5. The Bertz CT molecular complexity index is 531. The Morgan fingerprint density at radius 3 is 2.14 bits per heavy atom. The van der Waals surface area contributed by atoms with E-state index in [1.165, 1.54) is 0 Å². The first-order valence-corrected chi connectivity index (χ1v) is 7.79. The predicted molar refractivity (Wildman–Crippen MR) is 80.3 cm³/mol. The molecule has 1 saturated heterocycles. The van der Waals surface area contributed by atoms with Gasteiger partial charge in [-0.25, -0.2) is 0 Å². The first kappa shape index (κ1) is 16.5. The minimum atomic E-state index is -0.254. The molecule has 7 heteroatoms. The molecule has 1 fully saturated rings. The highest BCUT2D eigenvalue weighted by Crippen LogP contribution is 2.15. The Balaban J connectivity index is 1.90. The molecule has 2 amide bonds. The first-order valence-electron chi connectivity index (χ1n) is 7.79. The van der Waals surface area contributed by atoms with Crippen molar-refractivity contribution >= 4 is 11.8 Å². The smallest absolute Gasteiger partial charge is 0.311 e. The molecule has 122 valence electrons. The van der Waals surface area contributed by atoms with Crippen molar-refractivity contribution in [3.63, 3.8) is 0 Å². The SMILES string of the molecule is CC(C)CC(=O)N1CCN(C(=O)c2nnc(C(C)C)o2)CC1. The normalized spacial score (nSPS) is 15.7. The van der Waals surface area contributed by atoms with Crippen LogP contribution in [0, 0.1) is 5.92 Å². The van der Waals surface area contributed by atoms with Crippen LogP contribution in [0.1, 0.15) is 56.6 Å². The summed E-state index contributed by atoms with van der Waals surface area (Å²) in [4.78, 5) is 27.8. The highest BCUT2D eigenvalue weighted by Gasteiger charge is 2.28. The second-order valence-electron chi connectivity index (χ2n) is 6.37. The van der Waals surface area contributed by atoms with Crippen LogP contribution in [-0.4, -0.2) is 58.0 Å². The Kier molecular flexibility index (Phi) is 5.15. The molecule has 0 unspecified atom stereocenters. The minimum Gasteiger partial charge on any atom is -0.417 e. The maximum Gasteiger partial charge on any atom is 0.311 e. The Hall–Kier alpha value is -1.92. The second kappa shape index (κ2) is 6.89. The van der Waals surface area contributed by atoms with Crippen molar-refractivity contribution in [2.75, 3.05) is 26.2 Å². The Morgan fingerprint density at radius 2 is 1.64 bits per heavy atom. The number of amides is 2. The molecule has 7 nitrogen and oxygen atoms in total. The van der Waals surface area contributed by atoms with E-state index in [1.807, 2.05) is 32.6 Å². The summed E-state index contributed by atoms with van der Waals surface area (Å²) in [7, 11) is 0. The van der Waals surface area contributed by atoms with Crippen LogP contribution in [0.25, 0.3) is 0 Å². The van der Waals surface area contributed by atoms with Crippen molar-refractivity contribution in [3.05, 3.63) is 11.8 Å². The fourth-order valence-corrected chi connectivity index (χ4v) is 2.33. The highest BCUT2D eigenvalue weighted by molar-refractivity contribution is 5.89. The standard InChI is InChI=1S/C15H24N4O3/c1-10(2)9-12(20)18-5-7-19(8-6-18)15(21)14-17-16-13(22-14)11(3)4/h10-11H,5-9H2,1-4H3. The van der Waals surface area contributed by atoms with E-state index < -0.39 is 0 Å². The van der Waals surface area contributed by atoms with Crippen molar-refractivity contribution in [1.82, 2.24) is 20.0 Å². The van der Waals surface area contributed by atoms with Gasteiger partial charge in [-0.2, -0.15) is 0 Å². The molecule has 0 N–H and O–H groups in total. The van der Waals surface area contributed by atoms with Crippen molar-refractivity contribution in [2.24, 2.45) is 5.92 Å². The van der Waals surface area contributed by atoms with Gasteiger partial charge in [-0.15, -0.1) is 10.2 Å². The summed E-state index contributed by atoms with van der Waals surface area (Å²) in [5.41, 5.74) is 0. The van der Waals surface area contributed by atoms with Crippen LogP contribution in [0.4, 0.5) is 0 Å². The molecule has 1 aromatic rings. The molecule has 0 aromatic carbocycles. The van der Waals surface area contributed by atoms with Gasteiger partial charge in [0.1, 0.15) is 0 Å². The molecule has 0 bridgehead atoms. The number of hydrogen-bond donors (Lipinski definition) is 0. The van der Waals surface area contributed by atoms with E-state index in [9.17, 15) is 9.59 Å². The Labute approximate surface area is 130 Å². The van der Waals surface area contributed by atoms with Crippen LogP contribution in [0.2, 0.25) is 0 Å². The lowest BCUT2D eigenvalue weighted by molar-refractivity contribution is -0.133. The van der Waals surface area contributed by atoms with E-state index in [2.05, 4.69) is 10.2 Å². The topological polar surface area (TPSA) is 79.5 Å². The molecule has 1 aromatic heterocycles. The number of nitrogens with zero attached hydrogens (tertiary/aromatic N) is 4. The molecule has 0 aliphatic carbocycles. The van der Waals surface area contributed by atoms with Crippen LogP contribution in [0.15, 0.2) is 4.42 Å². The molecule has 0 radical (unpaired) electrons. The third-order valence-corrected chi connectivity index (χ3v) is 3.62. The zero-order valence-corrected chi connectivity index (χ0v) is 13.7. The average molecular weight is 308 g/mol. The van der Waals surface area contributed by atoms with Gasteiger partial charge in [-0.3, -0.25) is 9.59 Å². The van der Waals surface area contributed by atoms with Gasteiger partial charge < -0.3 is 14.2 Å². The molecule has 22 heavy (non-hydrogen) atoms. The van der Waals surface area contributed by atoms with Gasteiger partial charge in [0, 0.05) is 38.5 Å². The molecular weight excluding hydrogens is 284 g/mol. The van der Waals surface area contributed by atoms with E-state index in [0.29, 0.717) is 44.4 Å². The van der Waals surface area contributed by atoms with E-state index in [1.54, 1.807) is 4.90 Å². The van der Waals surface area contributed by atoms with Crippen LogP contribution in [-0.2, 0) is 4.79 Å². The highest BCUT2D eigenvalue weighted by atomic mass is 16.4. The second-order valence-corrected chi connectivity index (χ2v) is 6.37. The zero-order valence-electron chi connectivity index (χ0n) is 13.7. The van der Waals surface area contributed by atoms with Crippen LogP contribution in [0.5, 0.6) is 0 Å². The summed E-state index contributed by atoms with van der Waals surface area (Å²) in [5.74, 6) is 0.844. The lowest BCUT2D eigenvalue weighted by atomic mass is 10.1. The Morgan fingerprint density at radius 1 is 1.05 bits per heavy atom. The lowest BCUT2D eigenvalue weighted by Crippen LogP contribution is -2.50. The van der Waals surface area contributed by atoms with Crippen molar-refractivity contribution in [1.29, 1.82) is 0 Å². The van der Waals surface area contributed by atoms with Gasteiger partial charge in [0.25, 0.3) is 0 Å². The van der Waals surface area contributed by atoms with Crippen LogP contribution >= 0.6 is 0 Å². The van der Waals surface area contributed by atoms with Gasteiger partial charge in [-0.05, 0) is 5.92 Å². The number of carbonyl (C=O) groups excluding carboxylic acids is 2. The average Bonchev–Trinajstić information content (AvgIpc) is 2.96. The van der Waals surface area contributed by atoms with Crippen LogP contribution < -0.4 is 0 Å². The number of piperazine rings is 1. The fourth-order valence-electron chi connectivity index (χ4n) is 2.33. The molecular formula is C15H24N4O3. The maximum atomic E-state index is 12.3. The number of aromatic nitrogens is 2. The molecule has 1 aliphatic heterocycles. The van der Waals surface area contributed by atoms with E-state index >= 15 is 0 Å². The molecule has 2 rings (SSSR count). The number of rotatable bonds is 4. The maximum absolute atomic E-state index is 12.3. The number of carbonyl (C=O) groups is 2. The van der Waals surface area contributed by atoms with Gasteiger partial charge in [0.05, 0.1) is 0 Å². The first-order chi connectivity index (χ1) is 10.4. The summed E-state index contributed by atoms with van der Waals surface area (Å²) in [6.45, 7) is 10.0. The van der Waals surface area contributed by atoms with Crippen molar-refractivity contribution in [2.45, 2.75) is 40.0 Å². The fraction of sp³-hybridized carbons (Fsp3) is 0.733. The third kappa shape index (κ3) is 3.84. The lowest BCUT2D eigenvalue weighted by Gasteiger charge is -2.34. The van der Waals surface area contributed by atoms with Crippen LogP contribution in [0.3, 0.4) is 0 Å². The third-order valence-electron chi connectivity index (χ3n) is 3.62. The van der Waals surface area contributed by atoms with E-state index in [-0.39, 0.29) is 23.6 Å². The summed E-state index contributed by atoms with van der Waals surface area (Å²) >= 11 is 0. The summed E-state index contributed by atoms with van der Waals surface area (Å²) < 4.78 is 5.39. The van der Waals surface area contributed by atoms with Crippen molar-refractivity contribution < 1.29 is 14.0 Å². The van der Waals surface area contributed by atoms with E-state index in [0.717, 1.165) is 0 Å². The van der Waals surface area contributed by atoms with Crippen molar-refractivity contribution in [3.8, 4) is 0 Å². The minimum absolute atomic E-state index is 0.0330. The van der Waals surface area contributed by atoms with Gasteiger partial charge in [-0.1, -0.05) is 27.7 Å². The summed E-state index contributed by atoms with van der Waals surface area (Å²) in [5, 5.41) is 7.70. The molecule has 1 aliphatic rings. The van der Waals surface area contributed by atoms with Gasteiger partial charge in [0.2, 0.25) is 11.8 Å². The molecule has 2 heterocycles. The molecule has 0 atom stereocenters. The van der Waals surface area contributed by atoms with Gasteiger partial charge >= 0.3 is 11.8 Å². The summed E-state index contributed by atoms with van der Waals surface area (Å²) in [6, 6.07) is 0. The largest absolute Gasteiger partial charge is 0.417 e. The predicted octanol–water partition coefficient (Wildman–Crippen LogP) is 1.52. The molecule has 0 spiro atoms.